The Kier molecular flexibility index (Phi) is 3.07. The van der Waals surface area contributed by atoms with Crippen LogP contribution in [0.4, 0.5) is 5.82 Å². The largest absolute Gasteiger partial charge is 0.383 e. The monoisotopic (exact) mass is 296 g/mol. The van der Waals surface area contributed by atoms with Gasteiger partial charge in [-0.15, -0.1) is 11.3 Å². The van der Waals surface area contributed by atoms with E-state index in [4.69, 9.17) is 10.7 Å². The van der Waals surface area contributed by atoms with Gasteiger partial charge in [0.15, 0.2) is 0 Å². The molecule has 3 aromatic heterocycles. The van der Waals surface area contributed by atoms with Crippen LogP contribution >= 0.6 is 11.3 Å². The molecule has 3 aromatic rings. The van der Waals surface area contributed by atoms with Crippen molar-refractivity contribution in [3.05, 3.63) is 46.4 Å². The van der Waals surface area contributed by atoms with Gasteiger partial charge in [-0.2, -0.15) is 0 Å². The summed E-state index contributed by atoms with van der Waals surface area (Å²) in [5, 5.41) is 1.10. The summed E-state index contributed by atoms with van der Waals surface area (Å²) in [7, 11) is 0. The molecular formula is C16H16N4S. The fourth-order valence-electron chi connectivity index (χ4n) is 3.00. The average molecular weight is 296 g/mol. The van der Waals surface area contributed by atoms with E-state index in [9.17, 15) is 0 Å². The fraction of sp³-hybridized carbons (Fsp3) is 0.312. The van der Waals surface area contributed by atoms with Crippen LogP contribution in [0.15, 0.2) is 24.5 Å². The summed E-state index contributed by atoms with van der Waals surface area (Å²) in [5.41, 5.74) is 8.72. The lowest BCUT2D eigenvalue weighted by Gasteiger charge is -2.10. The molecule has 21 heavy (non-hydrogen) atoms. The Balaban J connectivity index is 1.79. The lowest BCUT2D eigenvalue weighted by Crippen LogP contribution is -2.03. The molecule has 106 valence electrons. The maximum Gasteiger partial charge on any atom is 0.136 e. The summed E-state index contributed by atoms with van der Waals surface area (Å²) >= 11 is 1.79. The van der Waals surface area contributed by atoms with Crippen LogP contribution in [0.25, 0.3) is 10.2 Å². The number of nitrogens with two attached hydrogens (primary N) is 1. The molecule has 0 atom stereocenters. The highest BCUT2D eigenvalue weighted by molar-refractivity contribution is 7.19. The summed E-state index contributed by atoms with van der Waals surface area (Å²) in [5.74, 6) is 1.42. The van der Waals surface area contributed by atoms with Crippen molar-refractivity contribution in [2.75, 3.05) is 5.73 Å². The predicted molar refractivity (Wildman–Crippen MR) is 85.5 cm³/mol. The summed E-state index contributed by atoms with van der Waals surface area (Å²) in [6, 6.07) is 3.97. The third-order valence-electron chi connectivity index (χ3n) is 3.97. The van der Waals surface area contributed by atoms with Gasteiger partial charge in [0.05, 0.1) is 5.39 Å². The first-order valence-electron chi connectivity index (χ1n) is 7.27. The lowest BCUT2D eigenvalue weighted by molar-refractivity contribution is 0.700. The van der Waals surface area contributed by atoms with Gasteiger partial charge in [-0.05, 0) is 42.9 Å². The number of anilines is 1. The van der Waals surface area contributed by atoms with Crippen LogP contribution in [0, 0.1) is 0 Å². The summed E-state index contributed by atoms with van der Waals surface area (Å²) in [6.45, 7) is 0. The van der Waals surface area contributed by atoms with Crippen molar-refractivity contribution in [1.29, 1.82) is 0 Å². The van der Waals surface area contributed by atoms with Crippen molar-refractivity contribution in [2.24, 2.45) is 0 Å². The first-order chi connectivity index (χ1) is 10.3. The molecule has 2 N–H and O–H groups in total. The van der Waals surface area contributed by atoms with Crippen molar-refractivity contribution in [3.63, 3.8) is 0 Å². The number of hydrogen-bond donors (Lipinski definition) is 1. The zero-order valence-corrected chi connectivity index (χ0v) is 12.5. The Bertz CT molecular complexity index is 795. The maximum absolute atomic E-state index is 6.22. The van der Waals surface area contributed by atoms with Gasteiger partial charge < -0.3 is 5.73 Å². The average Bonchev–Trinajstić information content (AvgIpc) is 2.87. The first kappa shape index (κ1) is 12.7. The van der Waals surface area contributed by atoms with Gasteiger partial charge >= 0.3 is 0 Å². The lowest BCUT2D eigenvalue weighted by atomic mass is 9.97. The fourth-order valence-corrected chi connectivity index (χ4v) is 4.28. The molecule has 1 aliphatic rings. The van der Waals surface area contributed by atoms with E-state index in [0.29, 0.717) is 12.2 Å². The standard InChI is InChI=1S/C16H16N4S/c17-15-14-11-5-1-2-6-12(11)21-16(14)20-13(19-15)8-10-4-3-7-18-9-10/h3-4,7,9H,1-2,5-6,8H2,(H2,17,19,20). The number of rotatable bonds is 2. The molecule has 0 bridgehead atoms. The van der Waals surface area contributed by atoms with Crippen LogP contribution in [-0.4, -0.2) is 15.0 Å². The molecule has 0 spiro atoms. The van der Waals surface area contributed by atoms with Gasteiger partial charge in [0.25, 0.3) is 0 Å². The number of fused-ring (bicyclic) bond motifs is 3. The first-order valence-corrected chi connectivity index (χ1v) is 8.08. The zero-order valence-electron chi connectivity index (χ0n) is 11.7. The topological polar surface area (TPSA) is 64.7 Å². The van der Waals surface area contributed by atoms with E-state index in [-0.39, 0.29) is 0 Å². The minimum atomic E-state index is 0.637. The zero-order chi connectivity index (χ0) is 14.2. The number of nitrogen functional groups attached to an aromatic ring is 1. The van der Waals surface area contributed by atoms with Gasteiger partial charge in [-0.3, -0.25) is 4.98 Å². The van der Waals surface area contributed by atoms with Crippen LogP contribution in [-0.2, 0) is 19.3 Å². The Labute approximate surface area is 127 Å². The summed E-state index contributed by atoms with van der Waals surface area (Å²) < 4.78 is 0. The Hall–Kier alpha value is -2.01. The second-order valence-electron chi connectivity index (χ2n) is 5.45. The molecule has 4 rings (SSSR count). The van der Waals surface area contributed by atoms with Crippen LogP contribution in [0.5, 0.6) is 0 Å². The van der Waals surface area contributed by atoms with E-state index in [1.165, 1.54) is 23.3 Å². The van der Waals surface area contributed by atoms with Crippen molar-refractivity contribution < 1.29 is 0 Å². The molecule has 0 aromatic carbocycles. The van der Waals surface area contributed by atoms with Gasteiger partial charge in [0, 0.05) is 23.7 Å². The molecule has 0 radical (unpaired) electrons. The molecule has 0 unspecified atom stereocenters. The van der Waals surface area contributed by atoms with E-state index < -0.39 is 0 Å². The van der Waals surface area contributed by atoms with E-state index in [2.05, 4.69) is 9.97 Å². The smallest absolute Gasteiger partial charge is 0.136 e. The van der Waals surface area contributed by atoms with Gasteiger partial charge in [-0.25, -0.2) is 9.97 Å². The molecular weight excluding hydrogens is 280 g/mol. The Morgan fingerprint density at radius 1 is 1.19 bits per heavy atom. The number of aromatic nitrogens is 3. The minimum absolute atomic E-state index is 0.637. The van der Waals surface area contributed by atoms with E-state index in [1.54, 1.807) is 17.5 Å². The van der Waals surface area contributed by atoms with Crippen LogP contribution in [0.2, 0.25) is 0 Å². The van der Waals surface area contributed by atoms with Crippen molar-refractivity contribution in [1.82, 2.24) is 15.0 Å². The predicted octanol–water partition coefficient (Wildman–Crippen LogP) is 3.14. The molecule has 0 aliphatic heterocycles. The molecule has 3 heterocycles. The quantitative estimate of drug-likeness (QED) is 0.789. The number of pyridine rings is 1. The second kappa shape index (κ2) is 5.07. The van der Waals surface area contributed by atoms with Gasteiger partial charge in [-0.1, -0.05) is 6.07 Å². The third kappa shape index (κ3) is 2.27. The maximum atomic E-state index is 6.22. The Morgan fingerprint density at radius 3 is 2.95 bits per heavy atom. The molecule has 4 nitrogen and oxygen atoms in total. The molecule has 0 fully saturated rings. The molecule has 0 amide bonds. The highest BCUT2D eigenvalue weighted by Gasteiger charge is 2.20. The molecule has 0 saturated carbocycles. The van der Waals surface area contributed by atoms with Crippen LogP contribution in [0.1, 0.15) is 34.7 Å². The molecule has 1 aliphatic carbocycles. The van der Waals surface area contributed by atoms with E-state index in [0.717, 1.165) is 34.4 Å². The third-order valence-corrected chi connectivity index (χ3v) is 5.16. The normalized spacial score (nSPS) is 14.3. The summed E-state index contributed by atoms with van der Waals surface area (Å²) in [4.78, 5) is 15.9. The number of hydrogen-bond acceptors (Lipinski definition) is 5. The minimum Gasteiger partial charge on any atom is -0.383 e. The highest BCUT2D eigenvalue weighted by Crippen LogP contribution is 2.37. The van der Waals surface area contributed by atoms with E-state index >= 15 is 0 Å². The van der Waals surface area contributed by atoms with Crippen LogP contribution < -0.4 is 5.73 Å². The molecule has 0 saturated heterocycles. The highest BCUT2D eigenvalue weighted by atomic mass is 32.1. The van der Waals surface area contributed by atoms with Crippen LogP contribution in [0.3, 0.4) is 0 Å². The second-order valence-corrected chi connectivity index (χ2v) is 6.54. The number of aryl methyl sites for hydroxylation is 2. The number of nitrogens with zero attached hydrogens (tertiary/aromatic N) is 3. The van der Waals surface area contributed by atoms with Crippen molar-refractivity contribution >= 4 is 27.4 Å². The van der Waals surface area contributed by atoms with E-state index in [1.807, 2.05) is 18.3 Å². The van der Waals surface area contributed by atoms with Gasteiger partial charge in [0.1, 0.15) is 16.5 Å². The molecule has 5 heteroatoms. The summed E-state index contributed by atoms with van der Waals surface area (Å²) in [6.07, 6.45) is 9.10. The van der Waals surface area contributed by atoms with Crippen molar-refractivity contribution in [2.45, 2.75) is 32.1 Å². The SMILES string of the molecule is Nc1nc(Cc2cccnc2)nc2sc3c(c12)CCCC3. The number of thiophene rings is 1. The van der Waals surface area contributed by atoms with Crippen molar-refractivity contribution in [3.8, 4) is 0 Å². The Morgan fingerprint density at radius 2 is 2.10 bits per heavy atom. The van der Waals surface area contributed by atoms with Gasteiger partial charge in [0.2, 0.25) is 0 Å².